The Bertz CT molecular complexity index is 637. The van der Waals surface area contributed by atoms with Gasteiger partial charge in [-0.15, -0.1) is 11.3 Å². The first kappa shape index (κ1) is 15.1. The summed E-state index contributed by atoms with van der Waals surface area (Å²) in [7, 11) is 0. The van der Waals surface area contributed by atoms with Crippen LogP contribution in [0.2, 0.25) is 0 Å². The third kappa shape index (κ3) is 4.37. The lowest BCUT2D eigenvalue weighted by atomic mass is 10.1. The molecule has 0 spiro atoms. The number of carbonyl (C=O) groups is 2. The minimum absolute atomic E-state index is 0.0897. The van der Waals surface area contributed by atoms with Gasteiger partial charge in [0.2, 0.25) is 0 Å². The average molecular weight is 305 g/mol. The van der Waals surface area contributed by atoms with Crippen LogP contribution in [0.15, 0.2) is 29.6 Å². The van der Waals surface area contributed by atoms with Crippen molar-refractivity contribution in [1.29, 1.82) is 0 Å². The topological polar surface area (TPSA) is 105 Å². The van der Waals surface area contributed by atoms with Crippen molar-refractivity contribution in [3.05, 3.63) is 45.9 Å². The standard InChI is InChI=1S/C14H15N3O3S/c15-7-12-17-11(8-21-12)14(20)16-10-4-1-9(2-5-10)3-6-13(18)19/h1-2,4-5,8H,3,6-7,15H2,(H,16,20)(H,18,19). The van der Waals surface area contributed by atoms with Crippen LogP contribution in [0.4, 0.5) is 5.69 Å². The van der Waals surface area contributed by atoms with E-state index in [1.54, 1.807) is 29.6 Å². The Morgan fingerprint density at radius 3 is 2.57 bits per heavy atom. The number of hydrogen-bond acceptors (Lipinski definition) is 5. The maximum absolute atomic E-state index is 12.0. The fraction of sp³-hybridized carbons (Fsp3) is 0.214. The number of benzene rings is 1. The summed E-state index contributed by atoms with van der Waals surface area (Å²) < 4.78 is 0. The Labute approximate surface area is 125 Å². The molecule has 0 saturated carbocycles. The van der Waals surface area contributed by atoms with Gasteiger partial charge in [-0.05, 0) is 24.1 Å². The van der Waals surface area contributed by atoms with Crippen LogP contribution >= 0.6 is 11.3 Å². The molecule has 0 radical (unpaired) electrons. The number of carboxylic acids is 1. The number of nitrogens with one attached hydrogen (secondary N) is 1. The number of thiazole rings is 1. The van der Waals surface area contributed by atoms with Crippen LogP contribution < -0.4 is 11.1 Å². The second-order valence-corrected chi connectivity index (χ2v) is 5.32. The summed E-state index contributed by atoms with van der Waals surface area (Å²) in [5.41, 5.74) is 7.35. The molecule has 2 aromatic rings. The molecular weight excluding hydrogens is 290 g/mol. The van der Waals surface area contributed by atoms with E-state index in [0.29, 0.717) is 29.4 Å². The molecule has 0 aliphatic heterocycles. The van der Waals surface area contributed by atoms with Gasteiger partial charge in [0, 0.05) is 24.0 Å². The zero-order valence-corrected chi connectivity index (χ0v) is 12.0. The van der Waals surface area contributed by atoms with Crippen molar-refractivity contribution < 1.29 is 14.7 Å². The van der Waals surface area contributed by atoms with E-state index in [0.717, 1.165) is 5.56 Å². The highest BCUT2D eigenvalue weighted by molar-refractivity contribution is 7.09. The average Bonchev–Trinajstić information content (AvgIpc) is 2.95. The number of aliphatic carboxylic acids is 1. The zero-order valence-electron chi connectivity index (χ0n) is 11.2. The molecule has 110 valence electrons. The number of carboxylic acid groups (broad SMARTS) is 1. The molecule has 1 amide bonds. The smallest absolute Gasteiger partial charge is 0.303 e. The van der Waals surface area contributed by atoms with Gasteiger partial charge in [-0.2, -0.15) is 0 Å². The summed E-state index contributed by atoms with van der Waals surface area (Å²) >= 11 is 1.35. The first-order valence-electron chi connectivity index (χ1n) is 6.35. The van der Waals surface area contributed by atoms with Crippen LogP contribution in [0, 0.1) is 0 Å². The fourth-order valence-electron chi connectivity index (χ4n) is 1.71. The lowest BCUT2D eigenvalue weighted by Gasteiger charge is -2.04. The van der Waals surface area contributed by atoms with Gasteiger partial charge in [-0.1, -0.05) is 12.1 Å². The summed E-state index contributed by atoms with van der Waals surface area (Å²) in [6.07, 6.45) is 0.557. The minimum atomic E-state index is -0.827. The van der Waals surface area contributed by atoms with Crippen LogP contribution in [0.5, 0.6) is 0 Å². The Hall–Kier alpha value is -2.25. The normalized spacial score (nSPS) is 10.3. The molecule has 0 aliphatic rings. The van der Waals surface area contributed by atoms with Gasteiger partial charge in [-0.3, -0.25) is 9.59 Å². The van der Waals surface area contributed by atoms with Gasteiger partial charge in [0.25, 0.3) is 5.91 Å². The first-order chi connectivity index (χ1) is 10.1. The van der Waals surface area contributed by atoms with Crippen molar-refractivity contribution in [3.63, 3.8) is 0 Å². The number of aromatic nitrogens is 1. The van der Waals surface area contributed by atoms with E-state index in [2.05, 4.69) is 10.3 Å². The number of anilines is 1. The van der Waals surface area contributed by atoms with Gasteiger partial charge >= 0.3 is 5.97 Å². The van der Waals surface area contributed by atoms with Crippen LogP contribution in [-0.4, -0.2) is 22.0 Å². The second-order valence-electron chi connectivity index (χ2n) is 4.38. The highest BCUT2D eigenvalue weighted by Crippen LogP contribution is 2.14. The van der Waals surface area contributed by atoms with E-state index in [-0.39, 0.29) is 12.3 Å². The van der Waals surface area contributed by atoms with Crippen LogP contribution in [0.3, 0.4) is 0 Å². The van der Waals surface area contributed by atoms with Crippen LogP contribution in [0.1, 0.15) is 27.5 Å². The maximum atomic E-state index is 12.0. The van der Waals surface area contributed by atoms with Crippen molar-refractivity contribution in [2.75, 3.05) is 5.32 Å². The van der Waals surface area contributed by atoms with E-state index in [4.69, 9.17) is 10.8 Å². The largest absolute Gasteiger partial charge is 0.481 e. The van der Waals surface area contributed by atoms with Gasteiger partial charge in [0.1, 0.15) is 10.7 Å². The molecule has 4 N–H and O–H groups in total. The predicted molar refractivity (Wildman–Crippen MR) is 80.4 cm³/mol. The molecule has 2 rings (SSSR count). The molecule has 21 heavy (non-hydrogen) atoms. The number of aryl methyl sites for hydroxylation is 1. The molecule has 0 fully saturated rings. The number of hydrogen-bond donors (Lipinski definition) is 3. The molecule has 6 nitrogen and oxygen atoms in total. The predicted octanol–water partition coefficient (Wildman–Crippen LogP) is 1.87. The Balaban J connectivity index is 1.96. The van der Waals surface area contributed by atoms with Gasteiger partial charge in [0.05, 0.1) is 0 Å². The van der Waals surface area contributed by atoms with E-state index in [9.17, 15) is 9.59 Å². The summed E-state index contributed by atoms with van der Waals surface area (Å²) in [5.74, 6) is -1.11. The summed E-state index contributed by atoms with van der Waals surface area (Å²) in [5, 5.41) is 13.7. The molecule has 1 aromatic heterocycles. The lowest BCUT2D eigenvalue weighted by molar-refractivity contribution is -0.136. The Morgan fingerprint density at radius 2 is 2.00 bits per heavy atom. The van der Waals surface area contributed by atoms with Gasteiger partial charge in [-0.25, -0.2) is 4.98 Å². The SMILES string of the molecule is NCc1nc(C(=O)Nc2ccc(CCC(=O)O)cc2)cs1. The summed E-state index contributed by atoms with van der Waals surface area (Å²) in [6.45, 7) is 0.316. The quantitative estimate of drug-likeness (QED) is 0.755. The fourth-order valence-corrected chi connectivity index (χ4v) is 2.36. The number of carbonyl (C=O) groups excluding carboxylic acids is 1. The molecule has 0 bridgehead atoms. The minimum Gasteiger partial charge on any atom is -0.481 e. The van der Waals surface area contributed by atoms with Crippen LogP contribution in [0.25, 0.3) is 0 Å². The van der Waals surface area contributed by atoms with Gasteiger partial charge in [0.15, 0.2) is 0 Å². The highest BCUT2D eigenvalue weighted by Gasteiger charge is 2.10. The first-order valence-corrected chi connectivity index (χ1v) is 7.23. The maximum Gasteiger partial charge on any atom is 0.303 e. The van der Waals surface area contributed by atoms with Gasteiger partial charge < -0.3 is 16.2 Å². The number of nitrogens with zero attached hydrogens (tertiary/aromatic N) is 1. The molecule has 1 aromatic carbocycles. The van der Waals surface area contributed by atoms with E-state index < -0.39 is 5.97 Å². The van der Waals surface area contributed by atoms with Crippen molar-refractivity contribution in [2.24, 2.45) is 5.73 Å². The molecule has 7 heteroatoms. The third-order valence-electron chi connectivity index (χ3n) is 2.80. The monoisotopic (exact) mass is 305 g/mol. The Morgan fingerprint density at radius 1 is 1.29 bits per heavy atom. The Kier molecular flexibility index (Phi) is 5.02. The van der Waals surface area contributed by atoms with Crippen molar-refractivity contribution in [1.82, 2.24) is 4.98 Å². The summed E-state index contributed by atoms with van der Waals surface area (Å²) in [4.78, 5) is 26.6. The highest BCUT2D eigenvalue weighted by atomic mass is 32.1. The van der Waals surface area contributed by atoms with Crippen molar-refractivity contribution >= 4 is 28.9 Å². The molecule has 0 aliphatic carbocycles. The molecule has 1 heterocycles. The third-order valence-corrected chi connectivity index (χ3v) is 3.67. The van der Waals surface area contributed by atoms with E-state index in [1.807, 2.05) is 0 Å². The molecule has 0 saturated heterocycles. The second kappa shape index (κ2) is 6.96. The number of rotatable bonds is 6. The van der Waals surface area contributed by atoms with Crippen molar-refractivity contribution in [3.8, 4) is 0 Å². The molecule has 0 unspecified atom stereocenters. The van der Waals surface area contributed by atoms with Crippen LogP contribution in [-0.2, 0) is 17.8 Å². The molecular formula is C14H15N3O3S. The summed E-state index contributed by atoms with van der Waals surface area (Å²) in [6, 6.07) is 7.08. The van der Waals surface area contributed by atoms with E-state index in [1.165, 1.54) is 11.3 Å². The molecule has 0 atom stereocenters. The number of nitrogens with two attached hydrogens (primary N) is 1. The van der Waals surface area contributed by atoms with Crippen molar-refractivity contribution in [2.45, 2.75) is 19.4 Å². The zero-order chi connectivity index (χ0) is 15.2. The lowest BCUT2D eigenvalue weighted by Crippen LogP contribution is -2.12. The van der Waals surface area contributed by atoms with E-state index >= 15 is 0 Å². The number of amides is 1.